The maximum absolute atomic E-state index is 6.63. The largest absolute Gasteiger partial charge is 0.454 e. The minimum atomic E-state index is 0.667. The fraction of sp³-hybridized carbons (Fsp3) is 0.0141. The van der Waals surface area contributed by atoms with Gasteiger partial charge in [-0.05, 0) is 127 Å². The molecule has 0 aliphatic heterocycles. The molecule has 0 radical (unpaired) electrons. The zero-order valence-electron chi connectivity index (χ0n) is 40.6. The van der Waals surface area contributed by atoms with Crippen LogP contribution in [0.15, 0.2) is 283 Å². The van der Waals surface area contributed by atoms with Crippen molar-refractivity contribution in [3.8, 4) is 61.3 Å². The molecular formula is C71H48N2O. The molecule has 3 heteroatoms. The highest BCUT2D eigenvalue weighted by Gasteiger charge is 2.21. The van der Waals surface area contributed by atoms with Crippen LogP contribution in [0.5, 0.6) is 0 Å². The van der Waals surface area contributed by atoms with Crippen LogP contribution in [-0.4, -0.2) is 4.57 Å². The topological polar surface area (TPSA) is 21.3 Å². The summed E-state index contributed by atoms with van der Waals surface area (Å²) in [6, 6.07) is 101. The molecular weight excluding hydrogens is 897 g/mol. The third-order valence-electron chi connectivity index (χ3n) is 14.9. The molecule has 0 spiro atoms. The van der Waals surface area contributed by atoms with E-state index in [4.69, 9.17) is 4.42 Å². The Morgan fingerprint density at radius 3 is 1.61 bits per heavy atom. The number of hydrogen-bond acceptors (Lipinski definition) is 2. The smallest absolute Gasteiger partial charge is 0.159 e. The maximum atomic E-state index is 6.63. The van der Waals surface area contributed by atoms with Crippen molar-refractivity contribution in [2.24, 2.45) is 0 Å². The number of anilines is 2. The summed E-state index contributed by atoms with van der Waals surface area (Å²) in [5, 5.41) is 7.19. The third kappa shape index (κ3) is 7.53. The summed E-state index contributed by atoms with van der Waals surface area (Å²) in [5.41, 5.74) is 20.6. The van der Waals surface area contributed by atoms with Gasteiger partial charge in [0, 0.05) is 39.5 Å². The van der Waals surface area contributed by atoms with E-state index in [2.05, 4.69) is 282 Å². The zero-order chi connectivity index (χ0) is 49.0. The molecule has 348 valence electrons. The first-order valence-electron chi connectivity index (χ1n) is 25.4. The average molecular weight is 945 g/mol. The normalized spacial score (nSPS) is 11.6. The van der Waals surface area contributed by atoms with Gasteiger partial charge in [-0.3, -0.25) is 0 Å². The first kappa shape index (κ1) is 43.1. The van der Waals surface area contributed by atoms with Crippen LogP contribution < -0.4 is 4.90 Å². The van der Waals surface area contributed by atoms with Crippen LogP contribution in [0.1, 0.15) is 5.56 Å². The fourth-order valence-electron chi connectivity index (χ4n) is 11.3. The molecule has 0 aliphatic carbocycles. The van der Waals surface area contributed by atoms with Crippen LogP contribution in [0.25, 0.3) is 116 Å². The van der Waals surface area contributed by atoms with Gasteiger partial charge in [-0.1, -0.05) is 224 Å². The summed E-state index contributed by atoms with van der Waals surface area (Å²) >= 11 is 0. The van der Waals surface area contributed by atoms with Crippen molar-refractivity contribution >= 4 is 65.9 Å². The second-order valence-electron chi connectivity index (χ2n) is 19.2. The van der Waals surface area contributed by atoms with Gasteiger partial charge >= 0.3 is 0 Å². The number of furan rings is 1. The highest BCUT2D eigenvalue weighted by atomic mass is 16.3. The summed E-state index contributed by atoms with van der Waals surface area (Å²) in [7, 11) is 0. The zero-order valence-corrected chi connectivity index (χ0v) is 40.6. The highest BCUT2D eigenvalue weighted by Crippen LogP contribution is 2.43. The predicted molar refractivity (Wildman–Crippen MR) is 311 cm³/mol. The number of rotatable bonds is 10. The highest BCUT2D eigenvalue weighted by molar-refractivity contribution is 6.17. The van der Waals surface area contributed by atoms with E-state index >= 15 is 0 Å². The summed E-state index contributed by atoms with van der Waals surface area (Å²) in [6.07, 6.45) is 0. The molecule has 0 amide bonds. The quantitative estimate of drug-likeness (QED) is 0.136. The number of aromatic nitrogens is 1. The lowest BCUT2D eigenvalue weighted by Gasteiger charge is -2.27. The molecule has 2 aromatic heterocycles. The van der Waals surface area contributed by atoms with E-state index in [9.17, 15) is 0 Å². The van der Waals surface area contributed by atoms with Gasteiger partial charge in [0.2, 0.25) is 0 Å². The van der Waals surface area contributed by atoms with Crippen LogP contribution in [0.3, 0.4) is 0 Å². The van der Waals surface area contributed by atoms with Gasteiger partial charge in [0.1, 0.15) is 5.58 Å². The van der Waals surface area contributed by atoms with Crippen molar-refractivity contribution in [1.29, 1.82) is 0 Å². The second-order valence-corrected chi connectivity index (χ2v) is 19.2. The number of para-hydroxylation sites is 3. The predicted octanol–water partition coefficient (Wildman–Crippen LogP) is 19.5. The molecule has 14 rings (SSSR count). The molecule has 0 bridgehead atoms. The molecule has 0 fully saturated rings. The fourth-order valence-corrected chi connectivity index (χ4v) is 11.3. The van der Waals surface area contributed by atoms with Crippen LogP contribution in [0.2, 0.25) is 0 Å². The van der Waals surface area contributed by atoms with Gasteiger partial charge < -0.3 is 13.9 Å². The first-order valence-corrected chi connectivity index (χ1v) is 25.4. The van der Waals surface area contributed by atoms with E-state index in [0.29, 0.717) is 6.54 Å². The lowest BCUT2D eigenvalue weighted by molar-refractivity contribution is 0.666. The molecule has 0 aliphatic rings. The van der Waals surface area contributed by atoms with E-state index in [1.54, 1.807) is 0 Å². The van der Waals surface area contributed by atoms with Crippen molar-refractivity contribution in [2.45, 2.75) is 6.54 Å². The minimum Gasteiger partial charge on any atom is -0.454 e. The van der Waals surface area contributed by atoms with E-state index in [-0.39, 0.29) is 0 Å². The van der Waals surface area contributed by atoms with Gasteiger partial charge in [0.15, 0.2) is 5.58 Å². The van der Waals surface area contributed by atoms with Crippen LogP contribution in [-0.2, 0) is 6.54 Å². The Morgan fingerprint density at radius 1 is 0.324 bits per heavy atom. The lowest BCUT2D eigenvalue weighted by Crippen LogP contribution is -2.17. The van der Waals surface area contributed by atoms with E-state index < -0.39 is 0 Å². The number of fused-ring (bicyclic) bond motifs is 7. The third-order valence-corrected chi connectivity index (χ3v) is 14.9. The van der Waals surface area contributed by atoms with Crippen molar-refractivity contribution in [1.82, 2.24) is 4.57 Å². The Labute approximate surface area is 430 Å². The first-order chi connectivity index (χ1) is 36.7. The molecule has 3 nitrogen and oxygen atoms in total. The van der Waals surface area contributed by atoms with Gasteiger partial charge in [0.25, 0.3) is 0 Å². The van der Waals surface area contributed by atoms with E-state index in [1.165, 1.54) is 82.7 Å². The van der Waals surface area contributed by atoms with Crippen molar-refractivity contribution in [3.63, 3.8) is 0 Å². The molecule has 0 saturated carbocycles. The number of nitrogens with zero attached hydrogens (tertiary/aromatic N) is 2. The summed E-state index contributed by atoms with van der Waals surface area (Å²) in [6.45, 7) is 0.667. The van der Waals surface area contributed by atoms with Crippen molar-refractivity contribution in [2.75, 3.05) is 4.90 Å². The molecule has 0 N–H and O–H groups in total. The Kier molecular flexibility index (Phi) is 10.6. The Balaban J connectivity index is 0.830. The molecule has 74 heavy (non-hydrogen) atoms. The number of benzene rings is 12. The Hall–Kier alpha value is -9.70. The summed E-state index contributed by atoms with van der Waals surface area (Å²) in [4.78, 5) is 2.45. The molecule has 0 atom stereocenters. The molecule has 0 saturated heterocycles. The monoisotopic (exact) mass is 944 g/mol. The molecule has 2 heterocycles. The lowest BCUT2D eigenvalue weighted by atomic mass is 9.93. The summed E-state index contributed by atoms with van der Waals surface area (Å²) < 4.78 is 9.01. The minimum absolute atomic E-state index is 0.667. The Morgan fingerprint density at radius 2 is 0.824 bits per heavy atom. The standard InChI is InChI=1S/C71H48N2O/c1-2-16-48(17-3-1)50-38-42-57(43-39-50)72(58-44-40-51(41-45-58)49-34-36-53(37-35-49)61-27-13-20-52-18-4-7-24-60(52)61)47-56-19-5-6-23-59(56)54-21-12-22-55(46-54)62-28-14-31-67-70(62)65-26-8-10-30-66(65)73(67)68-32-15-29-64-63-25-9-11-33-69(63)74-71(64)68/h1-46H,47H2. The van der Waals surface area contributed by atoms with E-state index in [0.717, 1.165) is 50.0 Å². The summed E-state index contributed by atoms with van der Waals surface area (Å²) in [5.74, 6) is 0. The van der Waals surface area contributed by atoms with Crippen molar-refractivity contribution < 1.29 is 4.42 Å². The van der Waals surface area contributed by atoms with Crippen LogP contribution in [0, 0.1) is 0 Å². The maximum Gasteiger partial charge on any atom is 0.159 e. The molecule has 0 unspecified atom stereocenters. The van der Waals surface area contributed by atoms with Gasteiger partial charge in [-0.2, -0.15) is 0 Å². The second kappa shape index (κ2) is 18.2. The van der Waals surface area contributed by atoms with E-state index in [1.807, 2.05) is 6.07 Å². The van der Waals surface area contributed by atoms with Crippen LogP contribution >= 0.6 is 0 Å². The van der Waals surface area contributed by atoms with Crippen LogP contribution in [0.4, 0.5) is 11.4 Å². The SMILES string of the molecule is c1ccc(-c2ccc(N(Cc3ccccc3-c3cccc(-c4cccc5c4c4ccccc4n5-c4cccc5c4oc4ccccc45)c3)c3ccc(-c4ccc(-c5cccc6ccccc56)cc4)cc3)cc2)cc1. The van der Waals surface area contributed by atoms with Gasteiger partial charge in [0.05, 0.1) is 16.7 Å². The number of hydrogen-bond donors (Lipinski definition) is 0. The van der Waals surface area contributed by atoms with Gasteiger partial charge in [-0.25, -0.2) is 0 Å². The Bertz CT molecular complexity index is 4370. The van der Waals surface area contributed by atoms with Gasteiger partial charge in [-0.15, -0.1) is 0 Å². The van der Waals surface area contributed by atoms with Crippen molar-refractivity contribution in [3.05, 3.63) is 285 Å². The molecule has 14 aromatic rings. The molecule has 12 aromatic carbocycles. The average Bonchev–Trinajstić information content (AvgIpc) is 4.06.